The molecule has 3 rings (SSSR count). The molecule has 0 radical (unpaired) electrons. The standard InChI is InChI=1S/C24H23NO4/c1-27-23-18-19(12-14-20-8-5-6-16-25-20)13-15-22(23)29-24(26)11-7-17-28-21-9-3-2-4-10-21/h2-6,8-10,12-16,18H,7,11,17H2,1H3/b14-12+. The summed E-state index contributed by atoms with van der Waals surface area (Å²) in [6.07, 6.45) is 6.41. The fraction of sp³-hybridized carbons (Fsp3) is 0.167. The summed E-state index contributed by atoms with van der Waals surface area (Å²) in [5.74, 6) is 1.37. The number of para-hydroxylation sites is 1. The number of ether oxygens (including phenoxy) is 3. The Morgan fingerprint density at radius 1 is 0.966 bits per heavy atom. The summed E-state index contributed by atoms with van der Waals surface area (Å²) >= 11 is 0. The second-order valence-corrected chi connectivity index (χ2v) is 6.24. The second-order valence-electron chi connectivity index (χ2n) is 6.24. The van der Waals surface area contributed by atoms with Gasteiger partial charge in [-0.25, -0.2) is 0 Å². The van der Waals surface area contributed by atoms with Gasteiger partial charge in [-0.1, -0.05) is 36.4 Å². The van der Waals surface area contributed by atoms with Gasteiger partial charge >= 0.3 is 5.97 Å². The maximum Gasteiger partial charge on any atom is 0.311 e. The van der Waals surface area contributed by atoms with E-state index in [1.54, 1.807) is 19.4 Å². The molecule has 0 aliphatic carbocycles. The summed E-state index contributed by atoms with van der Waals surface area (Å²) < 4.78 is 16.4. The molecule has 0 aliphatic heterocycles. The lowest BCUT2D eigenvalue weighted by Gasteiger charge is -2.10. The average Bonchev–Trinajstić information content (AvgIpc) is 2.77. The highest BCUT2D eigenvalue weighted by molar-refractivity contribution is 5.74. The first-order valence-corrected chi connectivity index (χ1v) is 9.40. The van der Waals surface area contributed by atoms with Gasteiger partial charge in [0, 0.05) is 12.6 Å². The predicted molar refractivity (Wildman–Crippen MR) is 113 cm³/mol. The van der Waals surface area contributed by atoms with Gasteiger partial charge in [-0.3, -0.25) is 9.78 Å². The van der Waals surface area contributed by atoms with Crippen LogP contribution in [0.1, 0.15) is 24.1 Å². The van der Waals surface area contributed by atoms with Crippen molar-refractivity contribution in [2.75, 3.05) is 13.7 Å². The van der Waals surface area contributed by atoms with Crippen LogP contribution in [-0.4, -0.2) is 24.7 Å². The first kappa shape index (κ1) is 20.1. The van der Waals surface area contributed by atoms with Crippen molar-refractivity contribution >= 4 is 18.1 Å². The predicted octanol–water partition coefficient (Wildman–Crippen LogP) is 5.03. The summed E-state index contributed by atoms with van der Waals surface area (Å²) in [4.78, 5) is 16.4. The lowest BCUT2D eigenvalue weighted by atomic mass is 10.1. The molecule has 1 heterocycles. The maximum atomic E-state index is 12.1. The number of methoxy groups -OCH3 is 1. The monoisotopic (exact) mass is 389 g/mol. The Labute approximate surface area is 170 Å². The third-order valence-corrected chi connectivity index (χ3v) is 4.08. The van der Waals surface area contributed by atoms with E-state index >= 15 is 0 Å². The molecule has 2 aromatic carbocycles. The largest absolute Gasteiger partial charge is 0.494 e. The first-order valence-electron chi connectivity index (χ1n) is 9.40. The normalized spacial score (nSPS) is 10.7. The number of rotatable bonds is 9. The molecule has 0 aliphatic rings. The highest BCUT2D eigenvalue weighted by atomic mass is 16.6. The third kappa shape index (κ3) is 6.50. The van der Waals surface area contributed by atoms with Gasteiger partial charge in [0.2, 0.25) is 0 Å². The highest BCUT2D eigenvalue weighted by Crippen LogP contribution is 2.29. The van der Waals surface area contributed by atoms with E-state index in [1.807, 2.05) is 72.8 Å². The van der Waals surface area contributed by atoms with Gasteiger partial charge in [-0.05, 0) is 54.5 Å². The summed E-state index contributed by atoms with van der Waals surface area (Å²) in [5.41, 5.74) is 1.78. The van der Waals surface area contributed by atoms with E-state index in [0.717, 1.165) is 17.0 Å². The van der Waals surface area contributed by atoms with Crippen LogP contribution >= 0.6 is 0 Å². The van der Waals surface area contributed by atoms with Crippen LogP contribution in [0.25, 0.3) is 12.2 Å². The minimum atomic E-state index is -0.322. The van der Waals surface area contributed by atoms with Crippen LogP contribution in [0.2, 0.25) is 0 Å². The Hall–Kier alpha value is -3.60. The molecule has 0 fully saturated rings. The Balaban J connectivity index is 1.51. The summed E-state index contributed by atoms with van der Waals surface area (Å²) in [6, 6.07) is 20.6. The molecular formula is C24H23NO4. The molecule has 5 heteroatoms. The van der Waals surface area contributed by atoms with Crippen molar-refractivity contribution in [2.45, 2.75) is 12.8 Å². The van der Waals surface area contributed by atoms with Crippen molar-refractivity contribution in [3.63, 3.8) is 0 Å². The fourth-order valence-corrected chi connectivity index (χ4v) is 2.63. The summed E-state index contributed by atoms with van der Waals surface area (Å²) in [6.45, 7) is 0.452. The molecule has 3 aromatic rings. The fourth-order valence-electron chi connectivity index (χ4n) is 2.63. The van der Waals surface area contributed by atoms with E-state index in [1.165, 1.54) is 0 Å². The van der Waals surface area contributed by atoms with Crippen LogP contribution in [0.5, 0.6) is 17.2 Å². The zero-order valence-corrected chi connectivity index (χ0v) is 16.3. The van der Waals surface area contributed by atoms with E-state index in [-0.39, 0.29) is 12.4 Å². The van der Waals surface area contributed by atoms with Crippen molar-refractivity contribution in [3.8, 4) is 17.2 Å². The van der Waals surface area contributed by atoms with E-state index in [9.17, 15) is 4.79 Å². The molecular weight excluding hydrogens is 366 g/mol. The molecule has 29 heavy (non-hydrogen) atoms. The van der Waals surface area contributed by atoms with Crippen LogP contribution in [0.15, 0.2) is 72.9 Å². The van der Waals surface area contributed by atoms with Gasteiger partial charge in [0.25, 0.3) is 0 Å². The number of carbonyl (C=O) groups excluding carboxylic acids is 1. The minimum absolute atomic E-state index is 0.261. The van der Waals surface area contributed by atoms with Crippen molar-refractivity contribution in [1.82, 2.24) is 4.98 Å². The van der Waals surface area contributed by atoms with E-state index in [0.29, 0.717) is 24.5 Å². The molecule has 148 valence electrons. The molecule has 0 N–H and O–H groups in total. The van der Waals surface area contributed by atoms with Crippen LogP contribution in [0.4, 0.5) is 0 Å². The van der Waals surface area contributed by atoms with Gasteiger partial charge in [0.15, 0.2) is 11.5 Å². The number of aromatic nitrogens is 1. The quantitative estimate of drug-likeness (QED) is 0.292. The first-order chi connectivity index (χ1) is 14.2. The number of hydrogen-bond donors (Lipinski definition) is 0. The molecule has 0 bridgehead atoms. The van der Waals surface area contributed by atoms with Crippen molar-refractivity contribution in [2.24, 2.45) is 0 Å². The van der Waals surface area contributed by atoms with E-state index in [2.05, 4.69) is 4.98 Å². The van der Waals surface area contributed by atoms with Crippen LogP contribution in [-0.2, 0) is 4.79 Å². The van der Waals surface area contributed by atoms with Crippen LogP contribution < -0.4 is 14.2 Å². The van der Waals surface area contributed by atoms with Gasteiger partial charge in [0.05, 0.1) is 19.4 Å². The lowest BCUT2D eigenvalue weighted by molar-refractivity contribution is -0.134. The highest BCUT2D eigenvalue weighted by Gasteiger charge is 2.10. The van der Waals surface area contributed by atoms with Crippen molar-refractivity contribution in [1.29, 1.82) is 0 Å². The number of pyridine rings is 1. The van der Waals surface area contributed by atoms with Gasteiger partial charge in [0.1, 0.15) is 5.75 Å². The number of benzene rings is 2. The van der Waals surface area contributed by atoms with Gasteiger partial charge in [-0.2, -0.15) is 0 Å². The Morgan fingerprint density at radius 2 is 1.79 bits per heavy atom. The van der Waals surface area contributed by atoms with Gasteiger partial charge < -0.3 is 14.2 Å². The zero-order chi connectivity index (χ0) is 20.3. The molecule has 0 unspecified atom stereocenters. The molecule has 1 aromatic heterocycles. The van der Waals surface area contributed by atoms with E-state index in [4.69, 9.17) is 14.2 Å². The van der Waals surface area contributed by atoms with Crippen LogP contribution in [0, 0.1) is 0 Å². The number of nitrogens with zero attached hydrogens (tertiary/aromatic N) is 1. The Bertz CT molecular complexity index is 940. The number of carbonyl (C=O) groups is 1. The molecule has 0 spiro atoms. The second kappa shape index (κ2) is 10.7. The molecule has 0 saturated carbocycles. The summed E-state index contributed by atoms with van der Waals surface area (Å²) in [7, 11) is 1.55. The topological polar surface area (TPSA) is 57.7 Å². The Morgan fingerprint density at radius 3 is 2.55 bits per heavy atom. The molecule has 0 saturated heterocycles. The number of esters is 1. The van der Waals surface area contributed by atoms with Gasteiger partial charge in [-0.15, -0.1) is 0 Å². The number of hydrogen-bond acceptors (Lipinski definition) is 5. The lowest BCUT2D eigenvalue weighted by Crippen LogP contribution is -2.10. The van der Waals surface area contributed by atoms with Crippen molar-refractivity contribution < 1.29 is 19.0 Å². The van der Waals surface area contributed by atoms with E-state index < -0.39 is 0 Å². The summed E-state index contributed by atoms with van der Waals surface area (Å²) in [5, 5.41) is 0. The smallest absolute Gasteiger partial charge is 0.311 e. The zero-order valence-electron chi connectivity index (χ0n) is 16.3. The van der Waals surface area contributed by atoms with Crippen molar-refractivity contribution in [3.05, 3.63) is 84.2 Å². The molecule has 0 amide bonds. The van der Waals surface area contributed by atoms with Crippen LogP contribution in [0.3, 0.4) is 0 Å². The Kier molecular flexibility index (Phi) is 7.41. The minimum Gasteiger partial charge on any atom is -0.494 e. The molecule has 0 atom stereocenters. The maximum absolute atomic E-state index is 12.1. The molecule has 5 nitrogen and oxygen atoms in total. The SMILES string of the molecule is COc1cc(/C=C/c2ccccn2)ccc1OC(=O)CCCOc1ccccc1. The third-order valence-electron chi connectivity index (χ3n) is 4.08. The average molecular weight is 389 g/mol.